The quantitative estimate of drug-likeness (QED) is 0.146. The maximum absolute atomic E-state index is 13.8. The zero-order valence-corrected chi connectivity index (χ0v) is 25.7. The van der Waals surface area contributed by atoms with Gasteiger partial charge in [-0.2, -0.15) is 0 Å². The number of nitrogen functional groups attached to an aromatic ring is 1. The van der Waals surface area contributed by atoms with Crippen molar-refractivity contribution in [2.45, 2.75) is 31.8 Å². The van der Waals surface area contributed by atoms with Crippen LogP contribution in [0.3, 0.4) is 0 Å². The lowest BCUT2D eigenvalue weighted by Gasteiger charge is -2.22. The number of imidazole rings is 1. The maximum atomic E-state index is 13.8. The number of carbonyl (C=O) groups excluding carboxylic acids is 2. The number of hydrogen-bond acceptors (Lipinski definition) is 13. The number of rotatable bonds is 13. The second-order valence-electron chi connectivity index (χ2n) is 9.38. The number of anilines is 1. The van der Waals surface area contributed by atoms with Crippen molar-refractivity contribution in [3.63, 3.8) is 0 Å². The highest BCUT2D eigenvalue weighted by Crippen LogP contribution is 2.53. The number of nitrogens with two attached hydrogens (primary N) is 1. The van der Waals surface area contributed by atoms with Gasteiger partial charge in [-0.1, -0.05) is 84.2 Å². The summed E-state index contributed by atoms with van der Waals surface area (Å²) in [5, 5.41) is -0.260. The zero-order chi connectivity index (χ0) is 30.2. The fourth-order valence-corrected chi connectivity index (χ4v) is 7.29. The van der Waals surface area contributed by atoms with Gasteiger partial charge in [-0.3, -0.25) is 27.7 Å². The molecule has 15 heteroatoms. The first kappa shape index (κ1) is 31.3. The number of nitrogens with zero attached hydrogens (tertiary/aromatic N) is 4. The molecular formula is C28H30N5O7PS2. The van der Waals surface area contributed by atoms with Gasteiger partial charge in [0.25, 0.3) is 0 Å². The van der Waals surface area contributed by atoms with Crippen LogP contribution in [0.25, 0.3) is 11.2 Å². The molecule has 2 N–H and O–H groups in total. The van der Waals surface area contributed by atoms with Gasteiger partial charge in [-0.15, -0.1) is 0 Å². The van der Waals surface area contributed by atoms with Gasteiger partial charge in [0.15, 0.2) is 11.5 Å². The van der Waals surface area contributed by atoms with Crippen molar-refractivity contribution in [2.75, 3.05) is 30.5 Å². The highest BCUT2D eigenvalue weighted by Gasteiger charge is 2.41. The molecule has 2 aromatic heterocycles. The van der Waals surface area contributed by atoms with Crippen LogP contribution < -0.4 is 5.73 Å². The number of phosphoric acid groups is 1. The van der Waals surface area contributed by atoms with Crippen LogP contribution in [0.2, 0.25) is 0 Å². The van der Waals surface area contributed by atoms with E-state index in [2.05, 4.69) is 15.0 Å². The average molecular weight is 644 g/mol. The Bertz CT molecular complexity index is 1530. The molecule has 43 heavy (non-hydrogen) atoms. The molecule has 0 saturated carbocycles. The van der Waals surface area contributed by atoms with Crippen LogP contribution in [0.4, 0.5) is 5.82 Å². The lowest BCUT2D eigenvalue weighted by Crippen LogP contribution is -2.21. The molecule has 1 fully saturated rings. The Balaban J connectivity index is 1.21. The number of ether oxygens (including phenoxy) is 1. The van der Waals surface area contributed by atoms with Crippen molar-refractivity contribution >= 4 is 58.6 Å². The fraction of sp³-hybridized carbons (Fsp3) is 0.321. The molecule has 12 nitrogen and oxygen atoms in total. The summed E-state index contributed by atoms with van der Waals surface area (Å²) < 4.78 is 38.9. The van der Waals surface area contributed by atoms with Crippen molar-refractivity contribution in [1.82, 2.24) is 19.5 Å². The summed E-state index contributed by atoms with van der Waals surface area (Å²) in [7, 11) is -4.13. The first-order chi connectivity index (χ1) is 20.8. The van der Waals surface area contributed by atoms with E-state index >= 15 is 0 Å². The summed E-state index contributed by atoms with van der Waals surface area (Å²) in [4.78, 5) is 37.4. The van der Waals surface area contributed by atoms with Crippen molar-refractivity contribution < 1.29 is 32.5 Å². The summed E-state index contributed by atoms with van der Waals surface area (Å²) in [6.07, 6.45) is 1.54. The summed E-state index contributed by atoms with van der Waals surface area (Å²) in [6, 6.07) is 17.7. The minimum absolute atomic E-state index is 0.0651. The molecule has 1 aliphatic rings. The summed E-state index contributed by atoms with van der Waals surface area (Å²) in [5.41, 5.74) is 7.99. The molecular weight excluding hydrogens is 613 g/mol. The fourth-order valence-electron chi connectivity index (χ4n) is 4.32. The molecule has 4 aromatic rings. The van der Waals surface area contributed by atoms with E-state index in [4.69, 9.17) is 24.0 Å². The van der Waals surface area contributed by atoms with Gasteiger partial charge < -0.3 is 10.5 Å². The van der Waals surface area contributed by atoms with E-state index in [0.717, 1.165) is 23.5 Å². The molecule has 2 aromatic carbocycles. The van der Waals surface area contributed by atoms with Gasteiger partial charge in [-0.05, 0) is 6.92 Å². The van der Waals surface area contributed by atoms with Crippen molar-refractivity contribution in [3.05, 3.63) is 84.4 Å². The number of aromatic nitrogens is 4. The molecule has 0 aliphatic carbocycles. The van der Waals surface area contributed by atoms with Crippen LogP contribution >= 0.6 is 31.3 Å². The van der Waals surface area contributed by atoms with Crippen LogP contribution in [0.5, 0.6) is 0 Å². The minimum atomic E-state index is -4.13. The molecule has 3 unspecified atom stereocenters. The van der Waals surface area contributed by atoms with Gasteiger partial charge in [0.1, 0.15) is 18.1 Å². The van der Waals surface area contributed by atoms with Crippen molar-refractivity contribution in [1.29, 1.82) is 0 Å². The van der Waals surface area contributed by atoms with Crippen LogP contribution in [-0.4, -0.2) is 66.7 Å². The monoisotopic (exact) mass is 643 g/mol. The number of carbonyl (C=O) groups is 2. The van der Waals surface area contributed by atoms with Gasteiger partial charge in [0.05, 0.1) is 31.7 Å². The van der Waals surface area contributed by atoms with E-state index in [1.807, 2.05) is 12.1 Å². The topological polar surface area (TPSA) is 158 Å². The number of fused-ring (bicyclic) bond motifs is 1. The van der Waals surface area contributed by atoms with E-state index in [-0.39, 0.29) is 40.8 Å². The Hall–Kier alpha value is -3.10. The summed E-state index contributed by atoms with van der Waals surface area (Å²) in [6.45, 7) is 1.66. The third-order valence-electron chi connectivity index (χ3n) is 6.44. The van der Waals surface area contributed by atoms with Crippen LogP contribution in [0.1, 0.15) is 40.3 Å². The van der Waals surface area contributed by atoms with E-state index < -0.39 is 26.3 Å². The van der Waals surface area contributed by atoms with Crippen LogP contribution in [0, 0.1) is 0 Å². The second-order valence-corrected chi connectivity index (χ2v) is 13.1. The van der Waals surface area contributed by atoms with E-state index in [0.29, 0.717) is 28.7 Å². The number of phosphoric ester groups is 1. The zero-order valence-electron chi connectivity index (χ0n) is 23.2. The Labute approximate surface area is 256 Å². The van der Waals surface area contributed by atoms with Gasteiger partial charge in [-0.25, -0.2) is 19.5 Å². The summed E-state index contributed by atoms with van der Waals surface area (Å²) >= 11 is 2.08. The SMILES string of the molecule is CC1OC(n2cnc3c(N)ncnc32)CC1OP(=O)(OCCSC(=O)c1ccccc1)OCCSC(=O)c1ccccc1. The van der Waals surface area contributed by atoms with Crippen LogP contribution in [0.15, 0.2) is 73.3 Å². The predicted molar refractivity (Wildman–Crippen MR) is 165 cm³/mol. The smallest absolute Gasteiger partial charge is 0.382 e. The Kier molecular flexibility index (Phi) is 10.6. The molecule has 5 rings (SSSR count). The highest BCUT2D eigenvalue weighted by molar-refractivity contribution is 8.14. The molecule has 3 atom stereocenters. The number of hydrogen-bond donors (Lipinski definition) is 1. The average Bonchev–Trinajstić information content (AvgIpc) is 3.62. The van der Waals surface area contributed by atoms with E-state index in [1.165, 1.54) is 6.33 Å². The molecule has 0 amide bonds. The summed E-state index contributed by atoms with van der Waals surface area (Å²) in [5.74, 6) is 0.710. The highest BCUT2D eigenvalue weighted by atomic mass is 32.2. The van der Waals surface area contributed by atoms with Crippen molar-refractivity contribution in [2.24, 2.45) is 0 Å². The Morgan fingerprint density at radius 2 is 1.53 bits per heavy atom. The largest absolute Gasteiger partial charge is 0.475 e. The van der Waals surface area contributed by atoms with Crippen LogP contribution in [-0.2, 0) is 22.9 Å². The first-order valence-corrected chi connectivity index (χ1v) is 16.9. The van der Waals surface area contributed by atoms with Gasteiger partial charge >= 0.3 is 7.82 Å². The van der Waals surface area contributed by atoms with E-state index in [1.54, 1.807) is 66.3 Å². The number of benzene rings is 2. The van der Waals surface area contributed by atoms with Gasteiger partial charge in [0.2, 0.25) is 10.2 Å². The van der Waals surface area contributed by atoms with Gasteiger partial charge in [0, 0.05) is 29.1 Å². The molecule has 1 aliphatic heterocycles. The first-order valence-electron chi connectivity index (χ1n) is 13.4. The lowest BCUT2D eigenvalue weighted by molar-refractivity contribution is -0.00989. The minimum Gasteiger partial charge on any atom is -0.382 e. The third kappa shape index (κ3) is 8.09. The molecule has 3 heterocycles. The standard InChI is InChI=1S/C28H30N5O7PS2/c1-19-22(16-23(39-19)33-18-32-24-25(29)30-17-31-26(24)33)40-41(36,37-12-14-42-27(34)20-8-4-2-5-9-20)38-13-15-43-28(35)21-10-6-3-7-11-21/h2-11,17-19,22-23H,12-16H2,1H3,(H2,29,30,31). The Morgan fingerprint density at radius 1 is 0.953 bits per heavy atom. The lowest BCUT2D eigenvalue weighted by atomic mass is 10.2. The molecule has 1 saturated heterocycles. The molecule has 0 bridgehead atoms. The predicted octanol–water partition coefficient (Wildman–Crippen LogP) is 5.39. The normalized spacial score (nSPS) is 18.7. The third-order valence-corrected chi connectivity index (χ3v) is 9.71. The maximum Gasteiger partial charge on any atom is 0.475 e. The van der Waals surface area contributed by atoms with E-state index in [9.17, 15) is 14.2 Å². The Morgan fingerprint density at radius 3 is 2.12 bits per heavy atom. The second kappa shape index (κ2) is 14.6. The molecule has 226 valence electrons. The molecule has 0 radical (unpaired) electrons. The van der Waals surface area contributed by atoms with Crippen molar-refractivity contribution in [3.8, 4) is 0 Å². The molecule has 0 spiro atoms. The number of thioether (sulfide) groups is 2.